The van der Waals surface area contributed by atoms with Gasteiger partial charge in [0.15, 0.2) is 0 Å². The standard InChI is InChI=1S/C20H30FN5O6/c21-17-3-1-2-16(22-17)12-23-4-6-24(13-18(27)28)8-10-26(15-20(31)32)11-9-25(7-5-23)14-19(29)30/h1-3H,4-15H2,(H,27,28)(H,29,30)(H,31,32). The van der Waals surface area contributed by atoms with Gasteiger partial charge in [0, 0.05) is 58.9 Å². The summed E-state index contributed by atoms with van der Waals surface area (Å²) in [5.74, 6) is -3.54. The van der Waals surface area contributed by atoms with Crippen molar-refractivity contribution in [2.75, 3.05) is 72.0 Å². The zero-order valence-corrected chi connectivity index (χ0v) is 17.9. The number of nitrogens with zero attached hydrogens (tertiary/aromatic N) is 5. The molecule has 178 valence electrons. The average Bonchev–Trinajstić information content (AvgIpc) is 2.69. The number of hydrogen-bond donors (Lipinski definition) is 3. The Kier molecular flexibility index (Phi) is 10.4. The lowest BCUT2D eigenvalue weighted by Crippen LogP contribution is -2.48. The summed E-state index contributed by atoms with van der Waals surface area (Å²) in [6, 6.07) is 4.53. The molecule has 12 heteroatoms. The molecule has 0 saturated carbocycles. The van der Waals surface area contributed by atoms with Crippen LogP contribution in [0.2, 0.25) is 0 Å². The molecule has 0 aliphatic carbocycles. The Bertz CT molecular complexity index is 751. The smallest absolute Gasteiger partial charge is 0.317 e. The number of aliphatic carboxylic acids is 3. The van der Waals surface area contributed by atoms with E-state index in [2.05, 4.69) is 4.98 Å². The summed E-state index contributed by atoms with van der Waals surface area (Å²) in [5.41, 5.74) is 0.527. The van der Waals surface area contributed by atoms with E-state index < -0.39 is 23.9 Å². The largest absolute Gasteiger partial charge is 0.480 e. The van der Waals surface area contributed by atoms with Crippen LogP contribution in [0.1, 0.15) is 5.69 Å². The maximum atomic E-state index is 13.5. The van der Waals surface area contributed by atoms with Crippen molar-refractivity contribution in [1.29, 1.82) is 0 Å². The van der Waals surface area contributed by atoms with Crippen molar-refractivity contribution in [3.05, 3.63) is 29.8 Å². The van der Waals surface area contributed by atoms with Crippen LogP contribution < -0.4 is 0 Å². The Morgan fingerprint density at radius 2 is 1.09 bits per heavy atom. The molecule has 0 radical (unpaired) electrons. The van der Waals surface area contributed by atoms with Crippen molar-refractivity contribution in [2.24, 2.45) is 0 Å². The van der Waals surface area contributed by atoms with Gasteiger partial charge in [-0.15, -0.1) is 0 Å². The van der Waals surface area contributed by atoms with Gasteiger partial charge in [-0.2, -0.15) is 4.39 Å². The summed E-state index contributed by atoms with van der Waals surface area (Å²) in [4.78, 5) is 44.8. The molecule has 0 amide bonds. The zero-order valence-electron chi connectivity index (χ0n) is 17.9. The maximum absolute atomic E-state index is 13.5. The van der Waals surface area contributed by atoms with Crippen LogP contribution >= 0.6 is 0 Å². The van der Waals surface area contributed by atoms with E-state index in [9.17, 15) is 34.1 Å². The van der Waals surface area contributed by atoms with Gasteiger partial charge in [0.1, 0.15) is 0 Å². The van der Waals surface area contributed by atoms with Crippen LogP contribution in [0, 0.1) is 5.95 Å². The summed E-state index contributed by atoms with van der Waals surface area (Å²) in [6.07, 6.45) is 0. The van der Waals surface area contributed by atoms with Gasteiger partial charge >= 0.3 is 17.9 Å². The SMILES string of the molecule is O=C(O)CN1CCN(CC(=O)O)CCN(Cc2cccc(F)n2)CCN(CC(=O)O)CC1. The minimum Gasteiger partial charge on any atom is -0.480 e. The van der Waals surface area contributed by atoms with Crippen LogP contribution in [0.15, 0.2) is 18.2 Å². The number of carboxylic acids is 3. The monoisotopic (exact) mass is 455 g/mol. The number of rotatable bonds is 8. The highest BCUT2D eigenvalue weighted by Gasteiger charge is 2.20. The van der Waals surface area contributed by atoms with E-state index in [1.807, 2.05) is 4.90 Å². The second-order valence-corrected chi connectivity index (χ2v) is 7.74. The molecule has 11 nitrogen and oxygen atoms in total. The predicted molar refractivity (Wildman–Crippen MR) is 112 cm³/mol. The second-order valence-electron chi connectivity index (χ2n) is 7.74. The van der Waals surface area contributed by atoms with Gasteiger partial charge in [0.05, 0.1) is 25.3 Å². The van der Waals surface area contributed by atoms with E-state index in [0.29, 0.717) is 64.6 Å². The molecule has 0 unspecified atom stereocenters. The predicted octanol–water partition coefficient (Wildman–Crippen LogP) is -0.804. The van der Waals surface area contributed by atoms with Crippen molar-refractivity contribution in [3.63, 3.8) is 0 Å². The van der Waals surface area contributed by atoms with Crippen LogP contribution in [-0.4, -0.2) is 130 Å². The highest BCUT2D eigenvalue weighted by molar-refractivity contribution is 5.69. The number of halogens is 1. The molecule has 1 aromatic rings. The lowest BCUT2D eigenvalue weighted by Gasteiger charge is -2.33. The van der Waals surface area contributed by atoms with Crippen molar-refractivity contribution in [2.45, 2.75) is 6.54 Å². The molecular weight excluding hydrogens is 425 g/mol. The van der Waals surface area contributed by atoms with Crippen LogP contribution in [0.4, 0.5) is 4.39 Å². The first kappa shape index (κ1) is 25.6. The first-order chi connectivity index (χ1) is 15.2. The summed E-state index contributed by atoms with van der Waals surface area (Å²) < 4.78 is 13.5. The Balaban J connectivity index is 2.16. The van der Waals surface area contributed by atoms with Gasteiger partial charge < -0.3 is 15.3 Å². The van der Waals surface area contributed by atoms with E-state index in [4.69, 9.17) is 0 Å². The third-order valence-electron chi connectivity index (χ3n) is 5.16. The Morgan fingerprint density at radius 1 is 0.719 bits per heavy atom. The molecule has 2 rings (SSSR count). The summed E-state index contributed by atoms with van der Waals surface area (Å²) in [6.45, 7) is 2.88. The topological polar surface area (TPSA) is 138 Å². The van der Waals surface area contributed by atoms with Crippen molar-refractivity contribution in [1.82, 2.24) is 24.6 Å². The van der Waals surface area contributed by atoms with Crippen LogP contribution in [0.25, 0.3) is 0 Å². The summed E-state index contributed by atoms with van der Waals surface area (Å²) in [5, 5.41) is 27.7. The highest BCUT2D eigenvalue weighted by Crippen LogP contribution is 2.06. The minimum absolute atomic E-state index is 0.182. The number of aromatic nitrogens is 1. The van der Waals surface area contributed by atoms with E-state index in [0.717, 1.165) is 0 Å². The van der Waals surface area contributed by atoms with Crippen LogP contribution in [0.5, 0.6) is 0 Å². The van der Waals surface area contributed by atoms with Gasteiger partial charge in [-0.05, 0) is 12.1 Å². The zero-order chi connectivity index (χ0) is 23.5. The van der Waals surface area contributed by atoms with E-state index in [1.165, 1.54) is 6.07 Å². The fraction of sp³-hybridized carbons (Fsp3) is 0.600. The quantitative estimate of drug-likeness (QED) is 0.425. The second kappa shape index (κ2) is 13.0. The van der Waals surface area contributed by atoms with Gasteiger partial charge in [-0.1, -0.05) is 6.07 Å². The third-order valence-corrected chi connectivity index (χ3v) is 5.16. The summed E-state index contributed by atoms with van der Waals surface area (Å²) >= 11 is 0. The molecule has 1 saturated heterocycles. The Morgan fingerprint density at radius 3 is 1.44 bits per heavy atom. The third kappa shape index (κ3) is 10.1. The fourth-order valence-electron chi connectivity index (χ4n) is 3.55. The molecule has 2 heterocycles. The Hall–Kier alpha value is -2.67. The molecule has 32 heavy (non-hydrogen) atoms. The van der Waals surface area contributed by atoms with E-state index in [1.54, 1.807) is 26.8 Å². The average molecular weight is 455 g/mol. The molecule has 0 spiro atoms. The molecule has 3 N–H and O–H groups in total. The minimum atomic E-state index is -1.000. The molecule has 1 aromatic heterocycles. The number of hydrogen-bond acceptors (Lipinski definition) is 8. The van der Waals surface area contributed by atoms with Gasteiger partial charge in [-0.25, -0.2) is 4.98 Å². The van der Waals surface area contributed by atoms with Gasteiger partial charge in [0.25, 0.3) is 0 Å². The van der Waals surface area contributed by atoms with Gasteiger partial charge in [-0.3, -0.25) is 34.0 Å². The molecule has 1 fully saturated rings. The van der Waals surface area contributed by atoms with Crippen molar-refractivity contribution in [3.8, 4) is 0 Å². The maximum Gasteiger partial charge on any atom is 0.317 e. The number of carbonyl (C=O) groups is 3. The first-order valence-corrected chi connectivity index (χ1v) is 10.4. The van der Waals surface area contributed by atoms with Gasteiger partial charge in [0.2, 0.25) is 5.95 Å². The van der Waals surface area contributed by atoms with Crippen molar-refractivity contribution >= 4 is 17.9 Å². The molecule has 0 aromatic carbocycles. The molecule has 1 aliphatic heterocycles. The fourth-order valence-corrected chi connectivity index (χ4v) is 3.55. The number of pyridine rings is 1. The van der Waals surface area contributed by atoms with E-state index >= 15 is 0 Å². The lowest BCUT2D eigenvalue weighted by atomic mass is 10.3. The molecule has 0 atom stereocenters. The highest BCUT2D eigenvalue weighted by atomic mass is 19.1. The van der Waals surface area contributed by atoms with Crippen LogP contribution in [0.3, 0.4) is 0 Å². The van der Waals surface area contributed by atoms with Crippen molar-refractivity contribution < 1.29 is 34.1 Å². The normalized spacial score (nSPS) is 18.5. The van der Waals surface area contributed by atoms with Crippen LogP contribution in [-0.2, 0) is 20.9 Å². The lowest BCUT2D eigenvalue weighted by molar-refractivity contribution is -0.140. The first-order valence-electron chi connectivity index (χ1n) is 10.4. The summed E-state index contributed by atoms with van der Waals surface area (Å²) in [7, 11) is 0. The molecular formula is C20H30FN5O6. The Labute approximate surface area is 185 Å². The number of carboxylic acid groups (broad SMARTS) is 3. The van der Waals surface area contributed by atoms with E-state index in [-0.39, 0.29) is 19.6 Å². The molecule has 1 aliphatic rings. The molecule has 0 bridgehead atoms.